The molecule has 1 saturated heterocycles. The Morgan fingerprint density at radius 1 is 1.41 bits per heavy atom. The van der Waals surface area contributed by atoms with Crippen LogP contribution < -0.4 is 5.73 Å². The zero-order valence-electron chi connectivity index (χ0n) is 10.8. The Morgan fingerprint density at radius 3 is 2.71 bits per heavy atom. The highest BCUT2D eigenvalue weighted by molar-refractivity contribution is 7.89. The molecular formula is C11H24N2O3S. The second-order valence-electron chi connectivity index (χ2n) is 4.61. The third kappa shape index (κ3) is 4.21. The Labute approximate surface area is 104 Å². The molecule has 0 aromatic carbocycles. The van der Waals surface area contributed by atoms with Gasteiger partial charge in [0.15, 0.2) is 0 Å². The summed E-state index contributed by atoms with van der Waals surface area (Å²) >= 11 is 0. The van der Waals surface area contributed by atoms with Crippen molar-refractivity contribution in [2.24, 2.45) is 11.7 Å². The molecular weight excluding hydrogens is 240 g/mol. The van der Waals surface area contributed by atoms with Crippen LogP contribution in [-0.4, -0.2) is 50.8 Å². The molecule has 1 aliphatic rings. The largest absolute Gasteiger partial charge is 0.381 e. The number of hydrogen-bond acceptors (Lipinski definition) is 4. The first kappa shape index (κ1) is 14.9. The highest BCUT2D eigenvalue weighted by Crippen LogP contribution is 2.24. The Bertz CT molecular complexity index is 319. The maximum absolute atomic E-state index is 12.1. The fraction of sp³-hybridized carbons (Fsp3) is 1.00. The molecule has 1 fully saturated rings. The molecule has 5 nitrogen and oxygen atoms in total. The first-order valence-corrected chi connectivity index (χ1v) is 7.89. The predicted octanol–water partition coefficient (Wildman–Crippen LogP) is 0.412. The van der Waals surface area contributed by atoms with Crippen LogP contribution in [0.5, 0.6) is 0 Å². The van der Waals surface area contributed by atoms with E-state index in [1.807, 2.05) is 13.8 Å². The van der Waals surface area contributed by atoms with Gasteiger partial charge in [-0.2, -0.15) is 4.31 Å². The Morgan fingerprint density at radius 2 is 2.12 bits per heavy atom. The molecule has 2 unspecified atom stereocenters. The van der Waals surface area contributed by atoms with E-state index in [0.717, 1.165) is 12.8 Å². The second-order valence-corrected chi connectivity index (χ2v) is 6.65. The van der Waals surface area contributed by atoms with E-state index in [2.05, 4.69) is 0 Å². The maximum atomic E-state index is 12.1. The van der Waals surface area contributed by atoms with Crippen LogP contribution in [0.2, 0.25) is 0 Å². The molecule has 1 aliphatic heterocycles. The van der Waals surface area contributed by atoms with Gasteiger partial charge in [0.25, 0.3) is 0 Å². The average Bonchev–Trinajstić information content (AvgIpc) is 2.29. The third-order valence-electron chi connectivity index (χ3n) is 3.30. The van der Waals surface area contributed by atoms with Gasteiger partial charge >= 0.3 is 0 Å². The molecule has 0 saturated carbocycles. The fourth-order valence-corrected chi connectivity index (χ4v) is 3.81. The maximum Gasteiger partial charge on any atom is 0.216 e. The van der Waals surface area contributed by atoms with Gasteiger partial charge in [-0.1, -0.05) is 0 Å². The van der Waals surface area contributed by atoms with Crippen LogP contribution >= 0.6 is 0 Å². The lowest BCUT2D eigenvalue weighted by Gasteiger charge is -2.36. The van der Waals surface area contributed by atoms with Crippen molar-refractivity contribution in [3.05, 3.63) is 0 Å². The quantitative estimate of drug-likeness (QED) is 0.705. The lowest BCUT2D eigenvalue weighted by molar-refractivity contribution is 0.159. The smallest absolute Gasteiger partial charge is 0.216 e. The molecule has 0 radical (unpaired) electrons. The zero-order chi connectivity index (χ0) is 12.9. The first-order chi connectivity index (χ1) is 8.01. The molecule has 1 heterocycles. The van der Waals surface area contributed by atoms with Gasteiger partial charge in [-0.15, -0.1) is 0 Å². The van der Waals surface area contributed by atoms with Gasteiger partial charge in [0.05, 0.1) is 12.4 Å². The molecule has 0 spiro atoms. The molecule has 6 heteroatoms. The third-order valence-corrected chi connectivity index (χ3v) is 5.21. The highest BCUT2D eigenvalue weighted by Gasteiger charge is 2.32. The fourth-order valence-electron chi connectivity index (χ4n) is 2.15. The molecule has 2 N–H and O–H groups in total. The van der Waals surface area contributed by atoms with Crippen LogP contribution in [0.3, 0.4) is 0 Å². The van der Waals surface area contributed by atoms with E-state index < -0.39 is 10.0 Å². The van der Waals surface area contributed by atoms with Gasteiger partial charge in [0.2, 0.25) is 10.0 Å². The van der Waals surface area contributed by atoms with Gasteiger partial charge in [-0.25, -0.2) is 8.42 Å². The minimum atomic E-state index is -3.20. The van der Waals surface area contributed by atoms with Crippen molar-refractivity contribution in [3.8, 4) is 0 Å². The lowest BCUT2D eigenvalue weighted by atomic mass is 9.96. The van der Waals surface area contributed by atoms with Crippen molar-refractivity contribution >= 4 is 10.0 Å². The van der Waals surface area contributed by atoms with Crippen molar-refractivity contribution in [2.75, 3.05) is 32.1 Å². The van der Waals surface area contributed by atoms with Crippen LogP contribution in [0.1, 0.15) is 26.7 Å². The van der Waals surface area contributed by atoms with Crippen LogP contribution in [0.25, 0.3) is 0 Å². The van der Waals surface area contributed by atoms with E-state index in [1.165, 1.54) is 0 Å². The minimum absolute atomic E-state index is 0.0719. The van der Waals surface area contributed by atoms with E-state index in [-0.39, 0.29) is 18.4 Å². The monoisotopic (exact) mass is 264 g/mol. The highest BCUT2D eigenvalue weighted by atomic mass is 32.2. The SMILES string of the molecule is CCOCCS(=O)(=O)N1CC(CN)CCC1C. The van der Waals surface area contributed by atoms with Crippen LogP contribution in [0.15, 0.2) is 0 Å². The van der Waals surface area contributed by atoms with Crippen molar-refractivity contribution in [1.29, 1.82) is 0 Å². The van der Waals surface area contributed by atoms with Gasteiger partial charge < -0.3 is 10.5 Å². The first-order valence-electron chi connectivity index (χ1n) is 6.28. The van der Waals surface area contributed by atoms with Crippen molar-refractivity contribution in [2.45, 2.75) is 32.7 Å². The van der Waals surface area contributed by atoms with E-state index in [9.17, 15) is 8.42 Å². The summed E-state index contributed by atoms with van der Waals surface area (Å²) in [6.07, 6.45) is 1.92. The number of nitrogens with zero attached hydrogens (tertiary/aromatic N) is 1. The molecule has 0 bridgehead atoms. The number of sulfonamides is 1. The molecule has 0 amide bonds. The van der Waals surface area contributed by atoms with Crippen LogP contribution in [0, 0.1) is 5.92 Å². The zero-order valence-corrected chi connectivity index (χ0v) is 11.6. The van der Waals surface area contributed by atoms with E-state index in [0.29, 0.717) is 25.6 Å². The number of rotatable bonds is 6. The summed E-state index contributed by atoms with van der Waals surface area (Å²) in [4.78, 5) is 0. The number of piperidine rings is 1. The summed E-state index contributed by atoms with van der Waals surface area (Å²) < 4.78 is 31.0. The standard InChI is InChI=1S/C11H24N2O3S/c1-3-16-6-7-17(14,15)13-9-11(8-12)5-4-10(13)2/h10-11H,3-9,12H2,1-2H3. The summed E-state index contributed by atoms with van der Waals surface area (Å²) in [5, 5.41) is 0. The predicted molar refractivity (Wildman–Crippen MR) is 68.2 cm³/mol. The number of ether oxygens (including phenoxy) is 1. The van der Waals surface area contributed by atoms with Crippen LogP contribution in [0.4, 0.5) is 0 Å². The normalized spacial score (nSPS) is 27.2. The molecule has 0 aliphatic carbocycles. The van der Waals surface area contributed by atoms with E-state index >= 15 is 0 Å². The molecule has 2 atom stereocenters. The molecule has 0 aromatic heterocycles. The minimum Gasteiger partial charge on any atom is -0.381 e. The van der Waals surface area contributed by atoms with E-state index in [1.54, 1.807) is 4.31 Å². The summed E-state index contributed by atoms with van der Waals surface area (Å²) in [6.45, 7) is 5.77. The van der Waals surface area contributed by atoms with E-state index in [4.69, 9.17) is 10.5 Å². The number of hydrogen-bond donors (Lipinski definition) is 1. The molecule has 0 aromatic rings. The van der Waals surface area contributed by atoms with Gasteiger partial charge in [0.1, 0.15) is 0 Å². The van der Waals surface area contributed by atoms with Crippen molar-refractivity contribution in [3.63, 3.8) is 0 Å². The summed E-state index contributed by atoms with van der Waals surface area (Å²) in [5.74, 6) is 0.371. The van der Waals surface area contributed by atoms with Gasteiger partial charge in [-0.05, 0) is 39.2 Å². The second kappa shape index (κ2) is 6.68. The Kier molecular flexibility index (Phi) is 5.85. The molecule has 1 rings (SSSR count). The molecule has 17 heavy (non-hydrogen) atoms. The number of nitrogens with two attached hydrogens (primary N) is 1. The van der Waals surface area contributed by atoms with Crippen molar-refractivity contribution < 1.29 is 13.2 Å². The van der Waals surface area contributed by atoms with Crippen LogP contribution in [-0.2, 0) is 14.8 Å². The molecule has 102 valence electrons. The lowest BCUT2D eigenvalue weighted by Crippen LogP contribution is -2.48. The Hall–Kier alpha value is -0.170. The summed E-state index contributed by atoms with van der Waals surface area (Å²) in [5.41, 5.74) is 5.63. The van der Waals surface area contributed by atoms with Gasteiger partial charge in [-0.3, -0.25) is 0 Å². The Balaban J connectivity index is 2.61. The summed E-state index contributed by atoms with van der Waals surface area (Å²) in [6, 6.07) is 0.0874. The summed E-state index contributed by atoms with van der Waals surface area (Å²) in [7, 11) is -3.20. The average molecular weight is 264 g/mol. The topological polar surface area (TPSA) is 72.6 Å². The van der Waals surface area contributed by atoms with Crippen molar-refractivity contribution in [1.82, 2.24) is 4.31 Å². The van der Waals surface area contributed by atoms with Gasteiger partial charge in [0, 0.05) is 19.2 Å².